The van der Waals surface area contributed by atoms with Crippen molar-refractivity contribution in [1.82, 2.24) is 0 Å². The first-order valence-corrected chi connectivity index (χ1v) is 7.83. The number of rotatable bonds is 4. The third kappa shape index (κ3) is 3.04. The molecule has 2 saturated heterocycles. The zero-order valence-corrected chi connectivity index (χ0v) is 11.4. The molecule has 2 aliphatic heterocycles. The van der Waals surface area contributed by atoms with Crippen molar-refractivity contribution < 1.29 is 9.53 Å². The van der Waals surface area contributed by atoms with Crippen molar-refractivity contribution in [2.45, 2.75) is 50.7 Å². The van der Waals surface area contributed by atoms with Crippen LogP contribution in [0.15, 0.2) is 0 Å². The zero-order valence-electron chi connectivity index (χ0n) is 10.6. The highest BCUT2D eigenvalue weighted by molar-refractivity contribution is 7.99. The van der Waals surface area contributed by atoms with Crippen LogP contribution >= 0.6 is 11.8 Å². The van der Waals surface area contributed by atoms with Crippen LogP contribution in [-0.2, 0) is 9.53 Å². The SMILES string of the molecule is CCCC(N)C(=O)C1CCOC2(CCSC2)C1. The maximum Gasteiger partial charge on any atom is 0.152 e. The van der Waals surface area contributed by atoms with Crippen molar-refractivity contribution in [1.29, 1.82) is 0 Å². The fourth-order valence-corrected chi connectivity index (χ4v) is 4.27. The van der Waals surface area contributed by atoms with Crippen LogP contribution < -0.4 is 5.73 Å². The van der Waals surface area contributed by atoms with Gasteiger partial charge in [0, 0.05) is 18.3 Å². The minimum Gasteiger partial charge on any atom is -0.374 e. The molecule has 0 aromatic carbocycles. The second-order valence-electron chi connectivity index (χ2n) is 5.32. The van der Waals surface area contributed by atoms with Crippen LogP contribution in [0.3, 0.4) is 0 Å². The summed E-state index contributed by atoms with van der Waals surface area (Å²) in [5.74, 6) is 2.64. The van der Waals surface area contributed by atoms with E-state index in [2.05, 4.69) is 6.92 Å². The van der Waals surface area contributed by atoms with Crippen LogP contribution in [0.4, 0.5) is 0 Å². The van der Waals surface area contributed by atoms with Gasteiger partial charge in [0.2, 0.25) is 0 Å². The number of thioether (sulfide) groups is 1. The Bertz CT molecular complexity index is 277. The Balaban J connectivity index is 1.94. The molecule has 1 spiro atoms. The smallest absolute Gasteiger partial charge is 0.152 e. The zero-order chi connectivity index (χ0) is 12.3. The first-order valence-electron chi connectivity index (χ1n) is 6.68. The number of nitrogens with two attached hydrogens (primary N) is 1. The lowest BCUT2D eigenvalue weighted by molar-refractivity contribution is -0.135. The van der Waals surface area contributed by atoms with Gasteiger partial charge in [-0.15, -0.1) is 0 Å². The highest BCUT2D eigenvalue weighted by Crippen LogP contribution is 2.40. The summed E-state index contributed by atoms with van der Waals surface area (Å²) in [6.07, 6.45) is 4.67. The molecule has 3 atom stereocenters. The van der Waals surface area contributed by atoms with Gasteiger partial charge in [-0.25, -0.2) is 0 Å². The van der Waals surface area contributed by atoms with E-state index in [0.29, 0.717) is 0 Å². The predicted molar refractivity (Wildman–Crippen MR) is 71.2 cm³/mol. The molecule has 2 heterocycles. The van der Waals surface area contributed by atoms with Gasteiger partial charge in [-0.2, -0.15) is 11.8 Å². The molecule has 3 nitrogen and oxygen atoms in total. The van der Waals surface area contributed by atoms with Crippen molar-refractivity contribution in [3.63, 3.8) is 0 Å². The van der Waals surface area contributed by atoms with Crippen LogP contribution in [0, 0.1) is 5.92 Å². The van der Waals surface area contributed by atoms with Crippen molar-refractivity contribution in [2.24, 2.45) is 11.7 Å². The van der Waals surface area contributed by atoms with E-state index in [1.807, 2.05) is 11.8 Å². The van der Waals surface area contributed by atoms with E-state index in [1.54, 1.807) is 0 Å². The van der Waals surface area contributed by atoms with Gasteiger partial charge >= 0.3 is 0 Å². The average molecular weight is 257 g/mol. The second-order valence-corrected chi connectivity index (χ2v) is 6.43. The first-order chi connectivity index (χ1) is 8.17. The second kappa shape index (κ2) is 5.72. The summed E-state index contributed by atoms with van der Waals surface area (Å²) in [6.45, 7) is 2.81. The number of ketones is 1. The first kappa shape index (κ1) is 13.4. The number of hydrogen-bond acceptors (Lipinski definition) is 4. The van der Waals surface area contributed by atoms with E-state index in [4.69, 9.17) is 10.5 Å². The average Bonchev–Trinajstić information content (AvgIpc) is 2.76. The molecule has 17 heavy (non-hydrogen) atoms. The normalized spacial score (nSPS) is 35.1. The summed E-state index contributed by atoms with van der Waals surface area (Å²) < 4.78 is 5.93. The van der Waals surface area contributed by atoms with Crippen LogP contribution in [0.1, 0.15) is 39.0 Å². The Hall–Kier alpha value is -0.0600. The van der Waals surface area contributed by atoms with Gasteiger partial charge in [0.25, 0.3) is 0 Å². The highest BCUT2D eigenvalue weighted by atomic mass is 32.2. The van der Waals surface area contributed by atoms with E-state index < -0.39 is 0 Å². The fraction of sp³-hybridized carbons (Fsp3) is 0.923. The van der Waals surface area contributed by atoms with Gasteiger partial charge in [0.05, 0.1) is 11.6 Å². The molecule has 0 radical (unpaired) electrons. The van der Waals surface area contributed by atoms with Crippen molar-refractivity contribution >= 4 is 17.5 Å². The Morgan fingerprint density at radius 2 is 2.47 bits per heavy atom. The van der Waals surface area contributed by atoms with Crippen molar-refractivity contribution in [3.05, 3.63) is 0 Å². The predicted octanol–water partition coefficient (Wildman–Crippen LogP) is 1.99. The van der Waals surface area contributed by atoms with Crippen LogP contribution in [-0.4, -0.2) is 35.5 Å². The Labute approximate surface area is 108 Å². The quantitative estimate of drug-likeness (QED) is 0.837. The summed E-state index contributed by atoms with van der Waals surface area (Å²) in [5.41, 5.74) is 5.95. The maximum absolute atomic E-state index is 12.2. The molecule has 98 valence electrons. The van der Waals surface area contributed by atoms with Crippen LogP contribution in [0.2, 0.25) is 0 Å². The molecule has 0 aromatic rings. The largest absolute Gasteiger partial charge is 0.374 e. The molecule has 0 amide bonds. The maximum atomic E-state index is 12.2. The minimum atomic E-state index is -0.255. The van der Waals surface area contributed by atoms with Crippen molar-refractivity contribution in [2.75, 3.05) is 18.1 Å². The topological polar surface area (TPSA) is 52.3 Å². The van der Waals surface area contributed by atoms with Gasteiger partial charge in [-0.3, -0.25) is 4.79 Å². The third-order valence-corrected chi connectivity index (χ3v) is 5.15. The lowest BCUT2D eigenvalue weighted by atomic mass is 9.81. The number of ether oxygens (including phenoxy) is 1. The molecule has 2 rings (SSSR count). The van der Waals surface area contributed by atoms with E-state index in [-0.39, 0.29) is 23.3 Å². The van der Waals surface area contributed by atoms with Gasteiger partial charge in [0.15, 0.2) is 5.78 Å². The highest BCUT2D eigenvalue weighted by Gasteiger charge is 2.42. The Morgan fingerprint density at radius 3 is 3.12 bits per heavy atom. The van der Waals surface area contributed by atoms with E-state index in [0.717, 1.165) is 44.5 Å². The van der Waals surface area contributed by atoms with E-state index >= 15 is 0 Å². The summed E-state index contributed by atoms with van der Waals surface area (Å²) >= 11 is 1.94. The van der Waals surface area contributed by atoms with Gasteiger partial charge < -0.3 is 10.5 Å². The van der Waals surface area contributed by atoms with E-state index in [9.17, 15) is 4.79 Å². The molecule has 0 aliphatic carbocycles. The van der Waals surface area contributed by atoms with Gasteiger partial charge in [-0.05, 0) is 31.4 Å². The molecule has 2 N–H and O–H groups in total. The number of carbonyl (C=O) groups is 1. The lowest BCUT2D eigenvalue weighted by Crippen LogP contribution is -2.45. The van der Waals surface area contributed by atoms with E-state index in [1.165, 1.54) is 5.75 Å². The number of carbonyl (C=O) groups excluding carboxylic acids is 1. The molecule has 2 aliphatic rings. The fourth-order valence-electron chi connectivity index (χ4n) is 2.89. The van der Waals surface area contributed by atoms with Gasteiger partial charge in [-0.1, -0.05) is 13.3 Å². The van der Waals surface area contributed by atoms with Crippen LogP contribution in [0.5, 0.6) is 0 Å². The Kier molecular flexibility index (Phi) is 4.50. The summed E-state index contributed by atoms with van der Waals surface area (Å²) in [7, 11) is 0. The Morgan fingerprint density at radius 1 is 1.65 bits per heavy atom. The lowest BCUT2D eigenvalue weighted by Gasteiger charge is -2.37. The molecule has 0 bridgehead atoms. The van der Waals surface area contributed by atoms with Crippen molar-refractivity contribution in [3.8, 4) is 0 Å². The molecular formula is C13H23NO2S. The summed E-state index contributed by atoms with van der Waals surface area (Å²) in [5, 5.41) is 0. The van der Waals surface area contributed by atoms with Gasteiger partial charge in [0.1, 0.15) is 0 Å². The molecule has 3 unspecified atom stereocenters. The molecule has 4 heteroatoms. The standard InChI is InChI=1S/C13H23NO2S/c1-2-3-11(14)12(15)10-4-6-16-13(8-10)5-7-17-9-13/h10-11H,2-9,14H2,1H3. The van der Waals surface area contributed by atoms with Crippen LogP contribution in [0.25, 0.3) is 0 Å². The minimum absolute atomic E-state index is 0.00478. The molecule has 0 saturated carbocycles. The summed E-state index contributed by atoms with van der Waals surface area (Å²) in [6, 6.07) is -0.255. The summed E-state index contributed by atoms with van der Waals surface area (Å²) in [4.78, 5) is 12.2. The monoisotopic (exact) mass is 257 g/mol. The molecule has 2 fully saturated rings. The number of hydrogen-bond donors (Lipinski definition) is 1. The molecule has 0 aromatic heterocycles. The molecular weight excluding hydrogens is 234 g/mol. The third-order valence-electron chi connectivity index (χ3n) is 3.93. The number of Topliss-reactive ketones (excluding diaryl/α,β-unsaturated/α-hetero) is 1.